The molecule has 0 spiro atoms. The fourth-order valence-electron chi connectivity index (χ4n) is 13.4. The molecule has 1 saturated heterocycles. The summed E-state index contributed by atoms with van der Waals surface area (Å²) in [5.74, 6) is -26.3. The van der Waals surface area contributed by atoms with Gasteiger partial charge in [-0.2, -0.15) is 11.8 Å². The lowest BCUT2D eigenvalue weighted by molar-refractivity contribution is -0.142. The van der Waals surface area contributed by atoms with E-state index < -0.39 is 306 Å². The third-order valence-electron chi connectivity index (χ3n) is 20.4. The highest BCUT2D eigenvalue weighted by Crippen LogP contribution is 2.22. The summed E-state index contributed by atoms with van der Waals surface area (Å²) in [6.45, 7) is 2.76. The topological polar surface area (TPSA) is 895 Å². The summed E-state index contributed by atoms with van der Waals surface area (Å²) >= 11 is 1.12. The molecular formula is C81H130N26O28S. The van der Waals surface area contributed by atoms with Gasteiger partial charge in [0.1, 0.15) is 73.1 Å². The zero-order chi connectivity index (χ0) is 102. The van der Waals surface area contributed by atoms with Crippen LogP contribution in [0.25, 0.3) is 0 Å². The Bertz CT molecular complexity index is 4360. The molecule has 0 radical (unpaired) electrons. The van der Waals surface area contributed by atoms with Gasteiger partial charge in [0.2, 0.25) is 94.5 Å². The van der Waals surface area contributed by atoms with Gasteiger partial charge < -0.3 is 154 Å². The molecule has 1 heterocycles. The molecule has 1 aromatic carbocycles. The van der Waals surface area contributed by atoms with Crippen LogP contribution in [0.4, 0.5) is 0 Å². The molecule has 0 bridgehead atoms. The minimum absolute atomic E-state index is 0.0107. The van der Waals surface area contributed by atoms with E-state index in [4.69, 9.17) is 49.6 Å². The van der Waals surface area contributed by atoms with Gasteiger partial charge in [-0.25, -0.2) is 0 Å². The molecule has 0 aromatic heterocycles. The van der Waals surface area contributed by atoms with Crippen LogP contribution >= 0.6 is 11.8 Å². The molecule has 35 N–H and O–H groups in total. The Hall–Kier alpha value is -14.2. The number of primary amides is 1. The van der Waals surface area contributed by atoms with Gasteiger partial charge in [-0.05, 0) is 121 Å². The summed E-state index contributed by atoms with van der Waals surface area (Å²) in [6, 6.07) is -12.3. The average molecular weight is 1950 g/mol. The van der Waals surface area contributed by atoms with Crippen LogP contribution in [-0.2, 0) is 112 Å². The van der Waals surface area contributed by atoms with Gasteiger partial charge in [-0.15, -0.1) is 0 Å². The van der Waals surface area contributed by atoms with E-state index in [-0.39, 0.29) is 125 Å². The first-order valence-corrected chi connectivity index (χ1v) is 44.9. The Morgan fingerprint density at radius 2 is 0.846 bits per heavy atom. The monoisotopic (exact) mass is 1950 g/mol. The number of nitrogens with one attached hydrogen (secondary N) is 20. The SMILES string of the molecule is CSC[C@H](NC(=O)CNC(=O)[C@H](CC(C)C)NC(=O)[C@@H]1CCCN1C(=O)COCCNC(=O)[C@H](Cc1ccc(C(C)=O)cc1)NC(=O)[C@@H](CCC(=O)O)NC(=O)[C@@H](CCC(=O)O)NC(=O)[C@@H](CCC(=O)O)NC(=O)[C@@H](CCC(=O)O)[C@@H](CCC(=O)O)NC(=O)CN)C(=O)N[C@@H](C)C(=O)NCC(=O)N[C@H](CCCNC(=N)N)C(=O)N[C@H](CCCNC(=N)N)C(=O)N[C@H](CCCNC(=N)N)C(N)=O. The summed E-state index contributed by atoms with van der Waals surface area (Å²) in [7, 11) is 0. The number of nitrogens with two attached hydrogens (primary N) is 5. The molecule has 1 aliphatic heterocycles. The van der Waals surface area contributed by atoms with Crippen molar-refractivity contribution in [1.29, 1.82) is 16.2 Å². The number of carboxylic acid groups (broad SMARTS) is 5. The molecule has 136 heavy (non-hydrogen) atoms. The Morgan fingerprint density at radius 1 is 0.441 bits per heavy atom. The summed E-state index contributed by atoms with van der Waals surface area (Å²) in [5.41, 5.74) is 27.7. The maximum Gasteiger partial charge on any atom is 0.303 e. The molecule has 55 heteroatoms. The van der Waals surface area contributed by atoms with E-state index in [0.29, 0.717) is 12.0 Å². The molecule has 54 nitrogen and oxygen atoms in total. The van der Waals surface area contributed by atoms with Crippen molar-refractivity contribution >= 4 is 160 Å². The third-order valence-corrected chi connectivity index (χ3v) is 21.1. The van der Waals surface area contributed by atoms with Crippen LogP contribution in [0.5, 0.6) is 0 Å². The van der Waals surface area contributed by atoms with Crippen molar-refractivity contribution < 1.29 is 136 Å². The molecule has 16 amide bonds. The molecule has 1 aromatic rings. The van der Waals surface area contributed by atoms with E-state index in [1.807, 2.05) is 0 Å². The van der Waals surface area contributed by atoms with E-state index in [2.05, 4.69) is 90.4 Å². The Balaban J connectivity index is 2.26. The second kappa shape index (κ2) is 63.1. The summed E-state index contributed by atoms with van der Waals surface area (Å²) < 4.78 is 5.63. The maximum absolute atomic E-state index is 14.4. The number of Topliss-reactive ketones (excluding diaryl/α,β-unsaturated/α-hetero) is 1. The number of hydrogen-bond donors (Lipinski definition) is 30. The normalized spacial score (nSPS) is 14.6. The molecular weight excluding hydrogens is 1820 g/mol. The first-order valence-electron chi connectivity index (χ1n) is 43.5. The first-order chi connectivity index (χ1) is 64.0. The van der Waals surface area contributed by atoms with Crippen molar-refractivity contribution in [3.63, 3.8) is 0 Å². The lowest BCUT2D eigenvalue weighted by Gasteiger charge is -2.29. The van der Waals surface area contributed by atoms with Crippen molar-refractivity contribution in [2.24, 2.45) is 40.5 Å². The van der Waals surface area contributed by atoms with Crippen molar-refractivity contribution in [3.8, 4) is 0 Å². The molecule has 758 valence electrons. The number of carboxylic acids is 5. The van der Waals surface area contributed by atoms with E-state index in [0.717, 1.165) is 11.8 Å². The molecule has 1 aliphatic rings. The van der Waals surface area contributed by atoms with E-state index in [1.165, 1.54) is 43.0 Å². The van der Waals surface area contributed by atoms with Crippen LogP contribution in [0.15, 0.2) is 24.3 Å². The highest BCUT2D eigenvalue weighted by Gasteiger charge is 2.40. The molecule has 13 atom stereocenters. The fourth-order valence-corrected chi connectivity index (χ4v) is 14.0. The summed E-state index contributed by atoms with van der Waals surface area (Å²) in [6.07, 6.45) is -5.37. The number of hydrogen-bond acceptors (Lipinski definition) is 28. The zero-order valence-electron chi connectivity index (χ0n) is 76.2. The molecule has 0 aliphatic carbocycles. The summed E-state index contributed by atoms with van der Waals surface area (Å²) in [4.78, 5) is 292. The molecule has 0 saturated carbocycles. The second-order valence-corrected chi connectivity index (χ2v) is 32.9. The Kier molecular flexibility index (Phi) is 54.7. The number of carbonyl (C=O) groups is 22. The number of nitrogens with zero attached hydrogens (tertiary/aromatic N) is 1. The van der Waals surface area contributed by atoms with Crippen molar-refractivity contribution in [1.82, 2.24) is 95.3 Å². The van der Waals surface area contributed by atoms with Crippen LogP contribution in [0, 0.1) is 28.1 Å². The number of carbonyl (C=O) groups excluding carboxylic acids is 17. The Morgan fingerprint density at radius 3 is 1.29 bits per heavy atom. The van der Waals surface area contributed by atoms with E-state index in [9.17, 15) is 131 Å². The fraction of sp³-hybridized carbons (Fsp3) is 0.617. The van der Waals surface area contributed by atoms with Crippen LogP contribution in [0.2, 0.25) is 0 Å². The highest BCUT2D eigenvalue weighted by atomic mass is 32.2. The number of thioether (sulfide) groups is 1. The number of rotatable bonds is 68. The number of ketones is 1. The van der Waals surface area contributed by atoms with Gasteiger partial charge in [0.05, 0.1) is 32.2 Å². The van der Waals surface area contributed by atoms with Gasteiger partial charge in [-0.3, -0.25) is 122 Å². The second-order valence-electron chi connectivity index (χ2n) is 32.0. The lowest BCUT2D eigenvalue weighted by atomic mass is 9.89. The molecule has 0 unspecified atom stereocenters. The van der Waals surface area contributed by atoms with Gasteiger partial charge in [-0.1, -0.05) is 38.1 Å². The van der Waals surface area contributed by atoms with Gasteiger partial charge >= 0.3 is 29.8 Å². The van der Waals surface area contributed by atoms with Crippen LogP contribution < -0.4 is 119 Å². The van der Waals surface area contributed by atoms with Gasteiger partial charge in [0.25, 0.3) is 0 Å². The average Bonchev–Trinajstić information content (AvgIpc) is 1.68. The number of amides is 16. The molecule has 1 fully saturated rings. The minimum Gasteiger partial charge on any atom is -0.481 e. The number of benzene rings is 1. The van der Waals surface area contributed by atoms with Crippen LogP contribution in [-0.4, -0.2) is 329 Å². The van der Waals surface area contributed by atoms with Crippen LogP contribution in [0.3, 0.4) is 0 Å². The number of guanidine groups is 3. The number of likely N-dealkylation sites (tertiary alicyclic amines) is 1. The van der Waals surface area contributed by atoms with Gasteiger partial charge in [0.15, 0.2) is 23.7 Å². The minimum atomic E-state index is -2.00. The molecule has 2 rings (SSSR count). The van der Waals surface area contributed by atoms with Crippen molar-refractivity contribution in [3.05, 3.63) is 35.4 Å². The van der Waals surface area contributed by atoms with Crippen molar-refractivity contribution in [2.75, 3.05) is 77.6 Å². The first kappa shape index (κ1) is 118. The standard InChI is InChI=1S/C81H130N26O28S/c1-41(2)34-54(71(127)95-38-60(111)99-56(40-136-5)77(133)96-42(3)68(124)94-37-59(110)98-49(11-7-29-92-80(86)87)72(128)102-50(12-8-30-93-81(88)89)73(129)100-48(67(83)123)10-6-28-91-79(84)85)106-78(134)57-13-9-32-107(57)61(112)39-135-33-31-90-70(126)55(35-44-14-16-45(17-15-44)43(4)108)105-76(132)53(22-27-66(121)122)104-75(131)52(21-26-65(119)120)103-74(130)51(20-25-64(117)118)101-69(125)46(18-23-62(113)114)47(19-24-63(115)116)97-58(109)36-82/h14-17,41-42,46-57H,6-13,18-40,82H2,1-5H3,(H2,83,123)(H,90,126)(H,94,124)(H,95,127)(H,96,133)(H,97,109)(H,98,110)(H,99,111)(H,100,129)(H,101,125)(H,102,128)(H,103,130)(H,104,131)(H,105,132)(H,106,134)(H,113,114)(H,115,116)(H,117,118)(H,119,120)(H,121,122)(H4,84,85,91)(H4,86,87,92)(H4,88,89,93)/t42-,46-,47+,48+,49+,50+,51+,52+,53+,54-,55-,56-,57-/m0/s1. The largest absolute Gasteiger partial charge is 0.481 e. The maximum atomic E-state index is 14.4. The summed E-state index contributed by atoms with van der Waals surface area (Å²) in [5, 5.41) is 112. The number of aliphatic carboxylic acids is 5. The predicted molar refractivity (Wildman–Crippen MR) is 483 cm³/mol. The van der Waals surface area contributed by atoms with Gasteiger partial charge in [0, 0.05) is 88.6 Å². The zero-order valence-corrected chi connectivity index (χ0v) is 77.0. The quantitative estimate of drug-likeness (QED) is 0.0125. The number of ether oxygens (including phenoxy) is 1. The Labute approximate surface area is 785 Å². The van der Waals surface area contributed by atoms with Crippen LogP contribution in [0.1, 0.15) is 166 Å². The lowest BCUT2D eigenvalue weighted by Crippen LogP contribution is -2.59. The smallest absolute Gasteiger partial charge is 0.303 e. The highest BCUT2D eigenvalue weighted by molar-refractivity contribution is 7.98. The van der Waals surface area contributed by atoms with E-state index >= 15 is 0 Å². The predicted octanol–water partition coefficient (Wildman–Crippen LogP) is -9.28. The third kappa shape index (κ3) is 48.5. The van der Waals surface area contributed by atoms with E-state index in [1.54, 1.807) is 20.1 Å². The van der Waals surface area contributed by atoms with Crippen molar-refractivity contribution in [2.45, 2.75) is 229 Å².